The summed E-state index contributed by atoms with van der Waals surface area (Å²) in [6, 6.07) is 7.45. The standard InChI is InChI=1S/C23H31N3O4/c1-15(2)26-16(3)13-20(17(26)4)23(28)25-11-9-24(10-12-25)22(27)19-8-7-18(29-5)14-21(19)30-6/h7-8,13-15H,9-12H2,1-6H3. The van der Waals surface area contributed by atoms with E-state index in [1.807, 2.05) is 24.8 Å². The fraction of sp³-hybridized carbons (Fsp3) is 0.478. The number of methoxy groups -OCH3 is 2. The van der Waals surface area contributed by atoms with Gasteiger partial charge in [0.05, 0.1) is 25.3 Å². The van der Waals surface area contributed by atoms with Gasteiger partial charge in [-0.1, -0.05) is 0 Å². The van der Waals surface area contributed by atoms with Crippen molar-refractivity contribution in [2.24, 2.45) is 0 Å². The Bertz CT molecular complexity index is 940. The van der Waals surface area contributed by atoms with E-state index in [1.165, 1.54) is 7.11 Å². The average molecular weight is 414 g/mol. The number of amides is 2. The third-order valence-electron chi connectivity index (χ3n) is 5.72. The van der Waals surface area contributed by atoms with E-state index in [4.69, 9.17) is 9.47 Å². The van der Waals surface area contributed by atoms with Crippen molar-refractivity contribution in [1.82, 2.24) is 14.4 Å². The molecule has 1 aliphatic rings. The van der Waals surface area contributed by atoms with Gasteiger partial charge in [-0.25, -0.2) is 0 Å². The number of hydrogen-bond donors (Lipinski definition) is 0. The van der Waals surface area contributed by atoms with Crippen molar-refractivity contribution in [2.75, 3.05) is 40.4 Å². The molecule has 0 atom stereocenters. The lowest BCUT2D eigenvalue weighted by molar-refractivity contribution is 0.0533. The summed E-state index contributed by atoms with van der Waals surface area (Å²) in [6.45, 7) is 10.3. The van der Waals surface area contributed by atoms with Gasteiger partial charge in [0.15, 0.2) is 0 Å². The van der Waals surface area contributed by atoms with Crippen molar-refractivity contribution in [1.29, 1.82) is 0 Å². The number of piperazine rings is 1. The SMILES string of the molecule is COc1ccc(C(=O)N2CCN(C(=O)c3cc(C)n(C(C)C)c3C)CC2)c(OC)c1. The maximum Gasteiger partial charge on any atom is 0.257 e. The van der Waals surface area contributed by atoms with Crippen LogP contribution in [-0.2, 0) is 0 Å². The molecule has 0 spiro atoms. The van der Waals surface area contributed by atoms with Crippen molar-refractivity contribution in [3.63, 3.8) is 0 Å². The Hall–Kier alpha value is -2.96. The minimum atomic E-state index is -0.0976. The van der Waals surface area contributed by atoms with Crippen LogP contribution in [-0.4, -0.2) is 66.6 Å². The molecule has 2 amide bonds. The van der Waals surface area contributed by atoms with Crippen LogP contribution in [0, 0.1) is 13.8 Å². The normalized spacial score (nSPS) is 14.2. The first kappa shape index (κ1) is 21.7. The second-order valence-electron chi connectivity index (χ2n) is 7.90. The van der Waals surface area contributed by atoms with E-state index < -0.39 is 0 Å². The minimum Gasteiger partial charge on any atom is -0.497 e. The molecule has 162 valence electrons. The molecule has 7 heteroatoms. The number of carbonyl (C=O) groups is 2. The molecule has 2 heterocycles. The van der Waals surface area contributed by atoms with Crippen LogP contribution in [0.1, 0.15) is 52.0 Å². The third kappa shape index (κ3) is 4.01. The highest BCUT2D eigenvalue weighted by atomic mass is 16.5. The molecular weight excluding hydrogens is 382 g/mol. The topological polar surface area (TPSA) is 64.0 Å². The lowest BCUT2D eigenvalue weighted by Crippen LogP contribution is -2.50. The highest BCUT2D eigenvalue weighted by molar-refractivity contribution is 5.98. The monoisotopic (exact) mass is 413 g/mol. The van der Waals surface area contributed by atoms with E-state index in [1.54, 1.807) is 30.2 Å². The van der Waals surface area contributed by atoms with Crippen molar-refractivity contribution >= 4 is 11.8 Å². The lowest BCUT2D eigenvalue weighted by atomic mass is 10.1. The van der Waals surface area contributed by atoms with Gasteiger partial charge < -0.3 is 23.8 Å². The minimum absolute atomic E-state index is 0.0316. The van der Waals surface area contributed by atoms with Gasteiger partial charge in [0.2, 0.25) is 0 Å². The Kier molecular flexibility index (Phi) is 6.39. The number of aryl methyl sites for hydroxylation is 1. The number of benzene rings is 1. The summed E-state index contributed by atoms with van der Waals surface area (Å²) in [5.41, 5.74) is 3.33. The molecule has 0 radical (unpaired) electrons. The molecule has 30 heavy (non-hydrogen) atoms. The Morgan fingerprint density at radius 1 is 0.867 bits per heavy atom. The van der Waals surface area contributed by atoms with Crippen molar-refractivity contribution in [3.05, 3.63) is 46.8 Å². The third-order valence-corrected chi connectivity index (χ3v) is 5.72. The smallest absolute Gasteiger partial charge is 0.257 e. The first-order chi connectivity index (χ1) is 14.3. The summed E-state index contributed by atoms with van der Waals surface area (Å²) in [4.78, 5) is 29.7. The van der Waals surface area contributed by atoms with Gasteiger partial charge in [-0.2, -0.15) is 0 Å². The van der Waals surface area contributed by atoms with Crippen LogP contribution in [0.4, 0.5) is 0 Å². The molecule has 7 nitrogen and oxygen atoms in total. The molecule has 0 saturated carbocycles. The van der Waals surface area contributed by atoms with Gasteiger partial charge in [-0.05, 0) is 45.9 Å². The highest BCUT2D eigenvalue weighted by Gasteiger charge is 2.29. The average Bonchev–Trinajstić information content (AvgIpc) is 3.06. The van der Waals surface area contributed by atoms with E-state index in [0.29, 0.717) is 49.3 Å². The van der Waals surface area contributed by atoms with E-state index in [-0.39, 0.29) is 11.8 Å². The van der Waals surface area contributed by atoms with Gasteiger partial charge in [-0.15, -0.1) is 0 Å². The molecule has 1 aromatic heterocycles. The number of ether oxygens (including phenoxy) is 2. The zero-order valence-electron chi connectivity index (χ0n) is 18.7. The van der Waals surface area contributed by atoms with E-state index in [2.05, 4.69) is 18.4 Å². The van der Waals surface area contributed by atoms with Crippen LogP contribution in [0.2, 0.25) is 0 Å². The fourth-order valence-electron chi connectivity index (χ4n) is 4.22. The molecule has 0 aliphatic carbocycles. The second kappa shape index (κ2) is 8.81. The van der Waals surface area contributed by atoms with Gasteiger partial charge >= 0.3 is 0 Å². The summed E-state index contributed by atoms with van der Waals surface area (Å²) < 4.78 is 12.8. The largest absolute Gasteiger partial charge is 0.497 e. The summed E-state index contributed by atoms with van der Waals surface area (Å²) >= 11 is 0. The van der Waals surface area contributed by atoms with Crippen molar-refractivity contribution < 1.29 is 19.1 Å². The highest BCUT2D eigenvalue weighted by Crippen LogP contribution is 2.27. The van der Waals surface area contributed by atoms with E-state index in [0.717, 1.165) is 17.0 Å². The Morgan fingerprint density at radius 3 is 1.90 bits per heavy atom. The molecule has 3 rings (SSSR count). The molecule has 2 aromatic rings. The fourth-order valence-corrected chi connectivity index (χ4v) is 4.22. The first-order valence-electron chi connectivity index (χ1n) is 10.3. The van der Waals surface area contributed by atoms with Crippen molar-refractivity contribution in [3.8, 4) is 11.5 Å². The Balaban J connectivity index is 1.70. The Labute approximate surface area is 178 Å². The molecule has 0 bridgehead atoms. The molecule has 0 unspecified atom stereocenters. The summed E-state index contributed by atoms with van der Waals surface area (Å²) in [6.07, 6.45) is 0. The predicted octanol–water partition coefficient (Wildman–Crippen LogP) is 3.30. The molecular formula is C23H31N3O4. The molecule has 1 fully saturated rings. The first-order valence-corrected chi connectivity index (χ1v) is 10.3. The predicted molar refractivity (Wildman–Crippen MR) is 116 cm³/mol. The quantitative estimate of drug-likeness (QED) is 0.755. The van der Waals surface area contributed by atoms with Crippen LogP contribution >= 0.6 is 0 Å². The summed E-state index contributed by atoms with van der Waals surface area (Å²) in [5.74, 6) is 1.06. The zero-order chi connectivity index (χ0) is 22.0. The van der Waals surface area contributed by atoms with Gasteiger partial charge in [0.1, 0.15) is 11.5 Å². The number of rotatable bonds is 5. The van der Waals surface area contributed by atoms with Crippen LogP contribution in [0.3, 0.4) is 0 Å². The van der Waals surface area contributed by atoms with Gasteiger partial charge in [0.25, 0.3) is 11.8 Å². The molecule has 0 N–H and O–H groups in total. The van der Waals surface area contributed by atoms with Crippen LogP contribution in [0.5, 0.6) is 11.5 Å². The van der Waals surface area contributed by atoms with Gasteiger partial charge in [0, 0.05) is 49.7 Å². The maximum absolute atomic E-state index is 13.1. The van der Waals surface area contributed by atoms with Crippen LogP contribution in [0.15, 0.2) is 24.3 Å². The van der Waals surface area contributed by atoms with Crippen LogP contribution < -0.4 is 9.47 Å². The van der Waals surface area contributed by atoms with E-state index >= 15 is 0 Å². The second-order valence-corrected chi connectivity index (χ2v) is 7.90. The van der Waals surface area contributed by atoms with Crippen LogP contribution in [0.25, 0.3) is 0 Å². The van der Waals surface area contributed by atoms with E-state index in [9.17, 15) is 9.59 Å². The molecule has 1 saturated heterocycles. The summed E-state index contributed by atoms with van der Waals surface area (Å²) in [5, 5.41) is 0. The number of aromatic nitrogens is 1. The number of nitrogens with zero attached hydrogens (tertiary/aromatic N) is 3. The zero-order valence-corrected chi connectivity index (χ0v) is 18.7. The number of carbonyl (C=O) groups excluding carboxylic acids is 2. The maximum atomic E-state index is 13.1. The lowest BCUT2D eigenvalue weighted by Gasteiger charge is -2.35. The molecule has 1 aliphatic heterocycles. The Morgan fingerprint density at radius 2 is 1.43 bits per heavy atom. The molecule has 1 aromatic carbocycles. The summed E-state index contributed by atoms with van der Waals surface area (Å²) in [7, 11) is 3.11. The van der Waals surface area contributed by atoms with Crippen molar-refractivity contribution in [2.45, 2.75) is 33.7 Å². The van der Waals surface area contributed by atoms with Gasteiger partial charge in [-0.3, -0.25) is 9.59 Å². The number of hydrogen-bond acceptors (Lipinski definition) is 4.